The Balaban J connectivity index is 2.30. The number of urea groups is 1. The topological polar surface area (TPSA) is 108 Å². The number of methoxy groups -OCH3 is 1. The van der Waals surface area contributed by atoms with Gasteiger partial charge in [-0.1, -0.05) is 18.2 Å². The van der Waals surface area contributed by atoms with Gasteiger partial charge in [0, 0.05) is 6.54 Å². The Morgan fingerprint density at radius 3 is 2.65 bits per heavy atom. The number of aliphatic hydroxyl groups excluding tert-OH is 1. The predicted octanol–water partition coefficient (Wildman–Crippen LogP) is -0.0176. The number of carboxylic acids is 1. The number of para-hydroxylation sites is 1. The van der Waals surface area contributed by atoms with Crippen LogP contribution in [0.15, 0.2) is 24.3 Å². The average molecular weight is 282 g/mol. The molecule has 0 aromatic heterocycles. The van der Waals surface area contributed by atoms with Crippen LogP contribution in [0.25, 0.3) is 0 Å². The first-order valence-corrected chi connectivity index (χ1v) is 6.09. The van der Waals surface area contributed by atoms with Gasteiger partial charge >= 0.3 is 12.0 Å². The molecule has 0 fully saturated rings. The Kier molecular flexibility index (Phi) is 6.31. The van der Waals surface area contributed by atoms with E-state index in [1.807, 2.05) is 24.3 Å². The van der Waals surface area contributed by atoms with E-state index in [1.54, 1.807) is 7.11 Å². The monoisotopic (exact) mass is 282 g/mol. The van der Waals surface area contributed by atoms with Crippen molar-refractivity contribution in [3.63, 3.8) is 0 Å². The summed E-state index contributed by atoms with van der Waals surface area (Å²) in [5, 5.41) is 22.3. The van der Waals surface area contributed by atoms with E-state index >= 15 is 0 Å². The van der Waals surface area contributed by atoms with Crippen LogP contribution in [0, 0.1) is 0 Å². The molecule has 7 nitrogen and oxygen atoms in total. The largest absolute Gasteiger partial charge is 0.496 e. The van der Waals surface area contributed by atoms with E-state index in [9.17, 15) is 9.59 Å². The van der Waals surface area contributed by atoms with Crippen molar-refractivity contribution in [3.8, 4) is 5.75 Å². The smallest absolute Gasteiger partial charge is 0.334 e. The van der Waals surface area contributed by atoms with Crippen molar-refractivity contribution < 1.29 is 24.5 Å². The second kappa shape index (κ2) is 8.00. The Morgan fingerprint density at radius 2 is 2.00 bits per heavy atom. The summed E-state index contributed by atoms with van der Waals surface area (Å²) < 4.78 is 5.18. The molecule has 7 heteroatoms. The molecule has 2 amide bonds. The minimum atomic E-state index is -1.60. The van der Waals surface area contributed by atoms with Gasteiger partial charge in [-0.15, -0.1) is 0 Å². The molecule has 20 heavy (non-hydrogen) atoms. The number of ether oxygens (including phenoxy) is 1. The van der Waals surface area contributed by atoms with E-state index in [-0.39, 0.29) is 6.54 Å². The average Bonchev–Trinajstić information content (AvgIpc) is 2.45. The molecule has 1 atom stereocenters. The minimum Gasteiger partial charge on any atom is -0.496 e. The molecule has 0 spiro atoms. The van der Waals surface area contributed by atoms with Gasteiger partial charge in [0.1, 0.15) is 5.75 Å². The molecule has 0 aliphatic carbocycles. The van der Waals surface area contributed by atoms with E-state index in [2.05, 4.69) is 10.6 Å². The van der Waals surface area contributed by atoms with Crippen molar-refractivity contribution in [1.29, 1.82) is 0 Å². The van der Waals surface area contributed by atoms with Crippen molar-refractivity contribution in [3.05, 3.63) is 29.8 Å². The molecule has 0 saturated carbocycles. The Labute approximate surface area is 116 Å². The van der Waals surface area contributed by atoms with Crippen LogP contribution >= 0.6 is 0 Å². The van der Waals surface area contributed by atoms with Crippen LogP contribution in [-0.2, 0) is 11.2 Å². The van der Waals surface area contributed by atoms with Crippen molar-refractivity contribution in [2.24, 2.45) is 0 Å². The fourth-order valence-electron chi connectivity index (χ4n) is 1.56. The van der Waals surface area contributed by atoms with Gasteiger partial charge in [0.05, 0.1) is 13.7 Å². The molecule has 0 bridgehead atoms. The molecule has 1 rings (SSSR count). The molecule has 0 radical (unpaired) electrons. The lowest BCUT2D eigenvalue weighted by molar-refractivity contribution is -0.146. The second-order valence-corrected chi connectivity index (χ2v) is 4.05. The van der Waals surface area contributed by atoms with E-state index in [0.29, 0.717) is 13.0 Å². The van der Waals surface area contributed by atoms with Gasteiger partial charge in [-0.2, -0.15) is 0 Å². The predicted molar refractivity (Wildman–Crippen MR) is 71.7 cm³/mol. The molecule has 0 aliphatic heterocycles. The van der Waals surface area contributed by atoms with E-state index in [4.69, 9.17) is 14.9 Å². The van der Waals surface area contributed by atoms with Gasteiger partial charge in [-0.25, -0.2) is 9.59 Å². The highest BCUT2D eigenvalue weighted by atomic mass is 16.5. The number of benzene rings is 1. The molecule has 0 saturated heterocycles. The number of rotatable bonds is 7. The van der Waals surface area contributed by atoms with Crippen LogP contribution in [-0.4, -0.2) is 48.5 Å². The molecule has 110 valence electrons. The number of carboxylic acid groups (broad SMARTS) is 1. The third kappa shape index (κ3) is 5.15. The highest BCUT2D eigenvalue weighted by Gasteiger charge is 2.13. The Hall–Kier alpha value is -2.28. The van der Waals surface area contributed by atoms with Gasteiger partial charge in [0.15, 0.2) is 6.10 Å². The Bertz CT molecular complexity index is 464. The van der Waals surface area contributed by atoms with Gasteiger partial charge < -0.3 is 25.6 Å². The maximum absolute atomic E-state index is 11.4. The summed E-state index contributed by atoms with van der Waals surface area (Å²) in [6.45, 7) is 0.0329. The molecular weight excluding hydrogens is 264 g/mol. The summed E-state index contributed by atoms with van der Waals surface area (Å²) in [7, 11) is 1.58. The quantitative estimate of drug-likeness (QED) is 0.562. The normalized spacial score (nSPS) is 11.5. The van der Waals surface area contributed by atoms with E-state index < -0.39 is 18.1 Å². The van der Waals surface area contributed by atoms with E-state index in [0.717, 1.165) is 11.3 Å². The maximum atomic E-state index is 11.4. The number of aliphatic carboxylic acids is 1. The first-order valence-electron chi connectivity index (χ1n) is 6.09. The number of hydrogen-bond acceptors (Lipinski definition) is 4. The summed E-state index contributed by atoms with van der Waals surface area (Å²) in [6, 6.07) is 6.93. The molecule has 0 aliphatic rings. The molecular formula is C13H18N2O5. The van der Waals surface area contributed by atoms with Crippen molar-refractivity contribution in [2.45, 2.75) is 12.5 Å². The highest BCUT2D eigenvalue weighted by molar-refractivity contribution is 5.76. The van der Waals surface area contributed by atoms with Crippen LogP contribution < -0.4 is 15.4 Å². The lowest BCUT2D eigenvalue weighted by Crippen LogP contribution is -2.42. The third-order valence-corrected chi connectivity index (χ3v) is 2.61. The lowest BCUT2D eigenvalue weighted by Gasteiger charge is -2.11. The number of nitrogens with one attached hydrogen (secondary N) is 2. The number of carbonyl (C=O) groups excluding carboxylic acids is 1. The number of amides is 2. The van der Waals surface area contributed by atoms with Gasteiger partial charge in [0.25, 0.3) is 0 Å². The summed E-state index contributed by atoms with van der Waals surface area (Å²) in [4.78, 5) is 21.7. The first-order chi connectivity index (χ1) is 9.54. The summed E-state index contributed by atoms with van der Waals surface area (Å²) in [5.41, 5.74) is 0.959. The number of aliphatic hydroxyl groups is 1. The van der Waals surface area contributed by atoms with Crippen LogP contribution in [0.2, 0.25) is 0 Å². The van der Waals surface area contributed by atoms with Crippen LogP contribution in [0.4, 0.5) is 4.79 Å². The molecule has 4 N–H and O–H groups in total. The SMILES string of the molecule is COc1ccccc1CCNC(=O)NCC(O)C(=O)O. The van der Waals surface area contributed by atoms with E-state index in [1.165, 1.54) is 0 Å². The lowest BCUT2D eigenvalue weighted by atomic mass is 10.1. The van der Waals surface area contributed by atoms with Crippen molar-refractivity contribution >= 4 is 12.0 Å². The standard InChI is InChI=1S/C13H18N2O5/c1-20-11-5-3-2-4-9(11)6-7-14-13(19)15-8-10(16)12(17)18/h2-5,10,16H,6-8H2,1H3,(H,17,18)(H2,14,15,19). The fraction of sp³-hybridized carbons (Fsp3) is 0.385. The molecule has 1 aromatic carbocycles. The van der Waals surface area contributed by atoms with Crippen LogP contribution in [0.1, 0.15) is 5.56 Å². The third-order valence-electron chi connectivity index (χ3n) is 2.61. The number of carbonyl (C=O) groups is 2. The molecule has 0 heterocycles. The van der Waals surface area contributed by atoms with Crippen molar-refractivity contribution in [1.82, 2.24) is 10.6 Å². The van der Waals surface area contributed by atoms with Gasteiger partial charge in [-0.05, 0) is 18.1 Å². The Morgan fingerprint density at radius 1 is 1.30 bits per heavy atom. The van der Waals surface area contributed by atoms with Crippen LogP contribution in [0.5, 0.6) is 5.75 Å². The zero-order chi connectivity index (χ0) is 15.0. The summed E-state index contributed by atoms with van der Waals surface area (Å²) >= 11 is 0. The highest BCUT2D eigenvalue weighted by Crippen LogP contribution is 2.17. The molecule has 1 unspecified atom stereocenters. The summed E-state index contributed by atoms with van der Waals surface area (Å²) in [6.07, 6.45) is -1.02. The summed E-state index contributed by atoms with van der Waals surface area (Å²) in [5.74, 6) is -0.629. The fourth-order valence-corrected chi connectivity index (χ4v) is 1.56. The molecule has 1 aromatic rings. The van der Waals surface area contributed by atoms with Gasteiger partial charge in [-0.3, -0.25) is 0 Å². The maximum Gasteiger partial charge on any atom is 0.334 e. The van der Waals surface area contributed by atoms with Gasteiger partial charge in [0.2, 0.25) is 0 Å². The zero-order valence-electron chi connectivity index (χ0n) is 11.1. The second-order valence-electron chi connectivity index (χ2n) is 4.05. The first kappa shape index (κ1) is 15.8. The number of hydrogen-bond donors (Lipinski definition) is 4. The minimum absolute atomic E-state index is 0.337. The van der Waals surface area contributed by atoms with Crippen LogP contribution in [0.3, 0.4) is 0 Å². The zero-order valence-corrected chi connectivity index (χ0v) is 11.1. The van der Waals surface area contributed by atoms with Crippen molar-refractivity contribution in [2.75, 3.05) is 20.2 Å².